The van der Waals surface area contributed by atoms with E-state index < -0.39 is 0 Å². The Kier molecular flexibility index (Phi) is 9.87. The predicted octanol–water partition coefficient (Wildman–Crippen LogP) is 4.27. The SMILES string of the molecule is Nc1nnc(-c2ccccc2O)cc1N1CCN(C(=O)CCCN2CCN(Cc3ccc(Cc4ccccc4)cc3)CC2)CC1. The first kappa shape index (κ1) is 30.6. The van der Waals surface area contributed by atoms with E-state index in [4.69, 9.17) is 5.73 Å². The number of anilines is 2. The second kappa shape index (κ2) is 14.5. The molecule has 1 aromatic heterocycles. The first-order chi connectivity index (χ1) is 22.0. The van der Waals surface area contributed by atoms with Gasteiger partial charge >= 0.3 is 0 Å². The van der Waals surface area contributed by atoms with Crippen LogP contribution in [0.1, 0.15) is 29.5 Å². The molecule has 3 aromatic carbocycles. The summed E-state index contributed by atoms with van der Waals surface area (Å²) in [6, 6.07) is 28.6. The summed E-state index contributed by atoms with van der Waals surface area (Å²) in [5.74, 6) is 0.728. The van der Waals surface area contributed by atoms with Crippen LogP contribution in [-0.4, -0.2) is 94.8 Å². The lowest BCUT2D eigenvalue weighted by Crippen LogP contribution is -2.49. The molecule has 2 fully saturated rings. The number of hydrogen-bond acceptors (Lipinski definition) is 8. The van der Waals surface area contributed by atoms with Crippen molar-refractivity contribution in [3.8, 4) is 17.0 Å². The molecule has 0 unspecified atom stereocenters. The van der Waals surface area contributed by atoms with Gasteiger partial charge in [-0.25, -0.2) is 0 Å². The number of piperazine rings is 2. The quantitative estimate of drug-likeness (QED) is 0.277. The van der Waals surface area contributed by atoms with Gasteiger partial charge in [-0.3, -0.25) is 9.69 Å². The number of aromatic nitrogens is 2. The number of phenolic OH excluding ortho intramolecular Hbond substituents is 1. The van der Waals surface area contributed by atoms with Gasteiger partial charge in [0.2, 0.25) is 5.91 Å². The minimum absolute atomic E-state index is 0.153. The van der Waals surface area contributed by atoms with Crippen LogP contribution in [0.25, 0.3) is 11.3 Å². The molecule has 0 atom stereocenters. The third-order valence-corrected chi connectivity index (χ3v) is 8.96. The Hall–Kier alpha value is -4.47. The summed E-state index contributed by atoms with van der Waals surface area (Å²) in [4.78, 5) is 22.2. The molecule has 6 rings (SSSR count). The molecule has 0 saturated carbocycles. The van der Waals surface area contributed by atoms with E-state index in [-0.39, 0.29) is 11.7 Å². The van der Waals surface area contributed by atoms with E-state index >= 15 is 0 Å². The lowest BCUT2D eigenvalue weighted by molar-refractivity contribution is -0.131. The molecule has 0 bridgehead atoms. The van der Waals surface area contributed by atoms with E-state index in [9.17, 15) is 9.90 Å². The molecule has 1 amide bonds. The van der Waals surface area contributed by atoms with Crippen molar-refractivity contribution in [2.24, 2.45) is 0 Å². The van der Waals surface area contributed by atoms with Crippen LogP contribution < -0.4 is 10.6 Å². The molecule has 2 aliphatic heterocycles. The Labute approximate surface area is 265 Å². The van der Waals surface area contributed by atoms with Gasteiger partial charge in [0.05, 0.1) is 11.4 Å². The maximum atomic E-state index is 13.0. The number of carbonyl (C=O) groups is 1. The van der Waals surface area contributed by atoms with Crippen LogP contribution in [0.2, 0.25) is 0 Å². The van der Waals surface area contributed by atoms with Crippen LogP contribution >= 0.6 is 0 Å². The molecule has 2 aliphatic rings. The van der Waals surface area contributed by atoms with Crippen LogP contribution in [-0.2, 0) is 17.8 Å². The van der Waals surface area contributed by atoms with E-state index in [1.54, 1.807) is 12.1 Å². The summed E-state index contributed by atoms with van der Waals surface area (Å²) in [6.07, 6.45) is 2.43. The van der Waals surface area contributed by atoms with Crippen molar-refractivity contribution in [2.45, 2.75) is 25.8 Å². The zero-order valence-electron chi connectivity index (χ0n) is 25.9. The highest BCUT2D eigenvalue weighted by Gasteiger charge is 2.24. The number of nitrogens with zero attached hydrogens (tertiary/aromatic N) is 6. The standard InChI is InChI=1S/C36H43N7O2/c37-36-33(26-32(38-39-36)31-9-4-5-10-34(31)44)42-21-23-43(24-22-42)35(45)11-6-16-40-17-19-41(20-18-40)27-30-14-12-29(13-15-30)25-28-7-2-1-3-8-28/h1-5,7-10,12-15,26,44H,6,11,16-25,27H2,(H2,37,39). The van der Waals surface area contributed by atoms with E-state index in [0.29, 0.717) is 49.7 Å². The fourth-order valence-electron chi connectivity index (χ4n) is 6.30. The highest BCUT2D eigenvalue weighted by atomic mass is 16.3. The third kappa shape index (κ3) is 7.98. The molecule has 9 heteroatoms. The maximum absolute atomic E-state index is 13.0. The summed E-state index contributed by atoms with van der Waals surface area (Å²) >= 11 is 0. The minimum Gasteiger partial charge on any atom is -0.507 e. The lowest BCUT2D eigenvalue weighted by Gasteiger charge is -2.37. The number of rotatable bonds is 10. The first-order valence-corrected chi connectivity index (χ1v) is 16.0. The molecular formula is C36H43N7O2. The highest BCUT2D eigenvalue weighted by Crippen LogP contribution is 2.31. The van der Waals surface area contributed by atoms with E-state index in [0.717, 1.165) is 57.8 Å². The molecule has 0 aliphatic carbocycles. The topological polar surface area (TPSA) is 102 Å². The summed E-state index contributed by atoms with van der Waals surface area (Å²) < 4.78 is 0. The molecule has 0 radical (unpaired) electrons. The van der Waals surface area contributed by atoms with Gasteiger partial charge in [0.1, 0.15) is 5.75 Å². The van der Waals surface area contributed by atoms with Crippen LogP contribution in [0, 0.1) is 0 Å². The smallest absolute Gasteiger partial charge is 0.222 e. The summed E-state index contributed by atoms with van der Waals surface area (Å²) in [6.45, 7) is 8.81. The van der Waals surface area contributed by atoms with Gasteiger partial charge in [0.25, 0.3) is 0 Å². The van der Waals surface area contributed by atoms with Gasteiger partial charge in [0, 0.05) is 70.9 Å². The van der Waals surface area contributed by atoms with E-state index in [2.05, 4.69) is 79.5 Å². The predicted molar refractivity (Wildman–Crippen MR) is 179 cm³/mol. The van der Waals surface area contributed by atoms with Crippen molar-refractivity contribution in [2.75, 3.05) is 69.5 Å². The Morgan fingerprint density at radius 2 is 1.38 bits per heavy atom. The zero-order chi connectivity index (χ0) is 31.0. The van der Waals surface area contributed by atoms with Gasteiger partial charge in [-0.05, 0) is 54.3 Å². The maximum Gasteiger partial charge on any atom is 0.222 e. The van der Waals surface area contributed by atoms with Gasteiger partial charge in [-0.2, -0.15) is 0 Å². The molecule has 0 spiro atoms. The van der Waals surface area contributed by atoms with Crippen LogP contribution in [0.3, 0.4) is 0 Å². The molecule has 45 heavy (non-hydrogen) atoms. The number of phenols is 1. The molecule has 234 valence electrons. The Bertz CT molecular complexity index is 1550. The molecule has 2 saturated heterocycles. The van der Waals surface area contributed by atoms with Gasteiger partial charge < -0.3 is 25.5 Å². The number of amides is 1. The third-order valence-electron chi connectivity index (χ3n) is 8.96. The zero-order valence-corrected chi connectivity index (χ0v) is 25.9. The average molecular weight is 606 g/mol. The number of nitrogens with two attached hydrogens (primary N) is 1. The van der Waals surface area contributed by atoms with Gasteiger partial charge in [-0.1, -0.05) is 66.7 Å². The number of carbonyl (C=O) groups excluding carboxylic acids is 1. The fraction of sp³-hybridized carbons (Fsp3) is 0.361. The fourth-order valence-corrected chi connectivity index (χ4v) is 6.30. The summed E-state index contributed by atoms with van der Waals surface area (Å²) in [7, 11) is 0. The normalized spacial score (nSPS) is 16.2. The number of hydrogen-bond donors (Lipinski definition) is 2. The Morgan fingerprint density at radius 3 is 2.11 bits per heavy atom. The highest BCUT2D eigenvalue weighted by molar-refractivity contribution is 5.77. The Morgan fingerprint density at radius 1 is 0.733 bits per heavy atom. The van der Waals surface area contributed by atoms with Gasteiger partial charge in [0.15, 0.2) is 5.82 Å². The largest absolute Gasteiger partial charge is 0.507 e. The lowest BCUT2D eigenvalue weighted by atomic mass is 10.0. The average Bonchev–Trinajstić information content (AvgIpc) is 3.07. The number of nitrogen functional groups attached to an aromatic ring is 1. The van der Waals surface area contributed by atoms with Crippen molar-refractivity contribution >= 4 is 17.4 Å². The Balaban J connectivity index is 0.894. The molecule has 3 N–H and O–H groups in total. The molecule has 3 heterocycles. The first-order valence-electron chi connectivity index (χ1n) is 16.0. The van der Waals surface area contributed by atoms with Crippen molar-refractivity contribution in [1.82, 2.24) is 24.9 Å². The van der Waals surface area contributed by atoms with E-state index in [1.807, 2.05) is 23.1 Å². The summed E-state index contributed by atoms with van der Waals surface area (Å²) in [5, 5.41) is 18.6. The molecular weight excluding hydrogens is 562 g/mol. The molecule has 4 aromatic rings. The second-order valence-corrected chi connectivity index (χ2v) is 12.1. The summed E-state index contributed by atoms with van der Waals surface area (Å²) in [5.41, 5.74) is 12.2. The monoisotopic (exact) mass is 605 g/mol. The van der Waals surface area contributed by atoms with Crippen molar-refractivity contribution in [3.05, 3.63) is 102 Å². The molecule has 9 nitrogen and oxygen atoms in total. The number of aromatic hydroxyl groups is 1. The second-order valence-electron chi connectivity index (χ2n) is 12.1. The minimum atomic E-state index is 0.153. The van der Waals surface area contributed by atoms with Crippen LogP contribution in [0.5, 0.6) is 5.75 Å². The number of para-hydroxylation sites is 1. The van der Waals surface area contributed by atoms with Crippen molar-refractivity contribution in [1.29, 1.82) is 0 Å². The van der Waals surface area contributed by atoms with Crippen LogP contribution in [0.15, 0.2) is 84.9 Å². The number of benzene rings is 3. The van der Waals surface area contributed by atoms with E-state index in [1.165, 1.54) is 16.7 Å². The van der Waals surface area contributed by atoms with Crippen molar-refractivity contribution in [3.63, 3.8) is 0 Å². The van der Waals surface area contributed by atoms with Crippen molar-refractivity contribution < 1.29 is 9.90 Å². The van der Waals surface area contributed by atoms with Crippen LogP contribution in [0.4, 0.5) is 11.5 Å². The van der Waals surface area contributed by atoms with Gasteiger partial charge in [-0.15, -0.1) is 10.2 Å².